The predicted molar refractivity (Wildman–Crippen MR) is 101 cm³/mol. The summed E-state index contributed by atoms with van der Waals surface area (Å²) in [7, 11) is 1.84. The minimum absolute atomic E-state index is 0. The number of nitrogens with one attached hydrogen (secondary N) is 1. The molecule has 5 nitrogen and oxygen atoms in total. The van der Waals surface area contributed by atoms with Gasteiger partial charge in [0.25, 0.3) is 0 Å². The first-order valence-corrected chi connectivity index (χ1v) is 8.43. The van der Waals surface area contributed by atoms with Gasteiger partial charge in [0.2, 0.25) is 5.91 Å². The lowest BCUT2D eigenvalue weighted by molar-refractivity contribution is -0.118. The van der Waals surface area contributed by atoms with E-state index < -0.39 is 0 Å². The van der Waals surface area contributed by atoms with Crippen molar-refractivity contribution in [2.24, 2.45) is 0 Å². The van der Waals surface area contributed by atoms with Crippen LogP contribution in [0.2, 0.25) is 0 Å². The van der Waals surface area contributed by atoms with Gasteiger partial charge in [0.1, 0.15) is 11.9 Å². The van der Waals surface area contributed by atoms with Crippen LogP contribution in [0.25, 0.3) is 11.1 Å². The number of aromatic nitrogens is 1. The van der Waals surface area contributed by atoms with Crippen LogP contribution in [0.3, 0.4) is 0 Å². The van der Waals surface area contributed by atoms with Gasteiger partial charge in [-0.1, -0.05) is 6.07 Å². The number of ether oxygens (including phenoxy) is 1. The fourth-order valence-electron chi connectivity index (χ4n) is 3.40. The minimum Gasteiger partial charge on any atom is -0.487 e. The third-order valence-corrected chi connectivity index (χ3v) is 4.79. The Bertz CT molecular complexity index is 775. The van der Waals surface area contributed by atoms with E-state index in [0.29, 0.717) is 6.42 Å². The number of anilines is 1. The molecular formula is C19H22ClN3O2. The van der Waals surface area contributed by atoms with E-state index in [1.807, 2.05) is 31.4 Å². The van der Waals surface area contributed by atoms with E-state index in [2.05, 4.69) is 16.4 Å². The quantitative estimate of drug-likeness (QED) is 0.915. The molecule has 0 unspecified atom stereocenters. The summed E-state index contributed by atoms with van der Waals surface area (Å²) in [4.78, 5) is 17.9. The van der Waals surface area contributed by atoms with Crippen LogP contribution in [0.15, 0.2) is 36.7 Å². The summed E-state index contributed by atoms with van der Waals surface area (Å²) >= 11 is 0. The maximum absolute atomic E-state index is 11.8. The lowest BCUT2D eigenvalue weighted by Crippen LogP contribution is -2.30. The molecule has 1 aromatic heterocycles. The highest BCUT2D eigenvalue weighted by molar-refractivity contribution is 5.96. The minimum atomic E-state index is 0. The molecule has 0 saturated carbocycles. The Morgan fingerprint density at radius 3 is 2.88 bits per heavy atom. The molecule has 3 heterocycles. The molecular weight excluding hydrogens is 338 g/mol. The van der Waals surface area contributed by atoms with Gasteiger partial charge in [-0.3, -0.25) is 9.78 Å². The Morgan fingerprint density at radius 1 is 1.20 bits per heavy atom. The van der Waals surface area contributed by atoms with Gasteiger partial charge in [-0.15, -0.1) is 12.4 Å². The van der Waals surface area contributed by atoms with Crippen molar-refractivity contribution in [3.05, 3.63) is 42.2 Å². The number of amides is 1. The van der Waals surface area contributed by atoms with Crippen LogP contribution in [0, 0.1) is 0 Å². The zero-order valence-electron chi connectivity index (χ0n) is 14.2. The molecule has 1 amide bonds. The Morgan fingerprint density at radius 2 is 2.08 bits per heavy atom. The van der Waals surface area contributed by atoms with Crippen molar-refractivity contribution in [3.63, 3.8) is 0 Å². The van der Waals surface area contributed by atoms with Gasteiger partial charge >= 0.3 is 0 Å². The molecule has 4 rings (SSSR count). The molecule has 2 aromatic rings. The van der Waals surface area contributed by atoms with E-state index >= 15 is 0 Å². The monoisotopic (exact) mass is 359 g/mol. The maximum Gasteiger partial charge on any atom is 0.227 e. The molecule has 1 atom stereocenters. The Kier molecular flexibility index (Phi) is 5.25. The van der Waals surface area contributed by atoms with E-state index in [1.54, 1.807) is 11.1 Å². The van der Waals surface area contributed by atoms with Crippen LogP contribution in [-0.4, -0.2) is 37.1 Å². The standard InChI is InChI=1S/C19H21N3O2.ClH/c1-22-18-4-2-13(8-14(18)3-5-19(22)23)15-9-17(12-21-10-15)24-16-6-7-20-11-16;/h2,4,8-10,12,16,20H,3,5-7,11H2,1H3;1H/t16-;/m1./s1. The molecule has 25 heavy (non-hydrogen) atoms. The normalized spacial score (nSPS) is 19.3. The number of pyridine rings is 1. The summed E-state index contributed by atoms with van der Waals surface area (Å²) < 4.78 is 6.00. The van der Waals surface area contributed by atoms with Gasteiger partial charge in [0.05, 0.1) is 6.20 Å². The molecule has 0 bridgehead atoms. The number of hydrogen-bond donors (Lipinski definition) is 1. The van der Waals surface area contributed by atoms with Crippen LogP contribution in [0.5, 0.6) is 5.75 Å². The summed E-state index contributed by atoms with van der Waals surface area (Å²) in [6.07, 6.45) is 6.26. The summed E-state index contributed by atoms with van der Waals surface area (Å²) in [6.45, 7) is 1.90. The third kappa shape index (κ3) is 3.62. The van der Waals surface area contributed by atoms with Gasteiger partial charge in [-0.25, -0.2) is 0 Å². The maximum atomic E-state index is 11.8. The molecule has 0 spiro atoms. The molecule has 1 N–H and O–H groups in total. The highest BCUT2D eigenvalue weighted by atomic mass is 35.5. The summed E-state index contributed by atoms with van der Waals surface area (Å²) in [6, 6.07) is 8.28. The van der Waals surface area contributed by atoms with Gasteiger partial charge in [0, 0.05) is 37.5 Å². The average molecular weight is 360 g/mol. The van der Waals surface area contributed by atoms with E-state index in [4.69, 9.17) is 4.74 Å². The van der Waals surface area contributed by atoms with E-state index in [0.717, 1.165) is 48.5 Å². The van der Waals surface area contributed by atoms with Crippen molar-refractivity contribution in [3.8, 4) is 16.9 Å². The number of halogens is 1. The van der Waals surface area contributed by atoms with E-state index in [9.17, 15) is 4.79 Å². The predicted octanol–water partition coefficient (Wildman–Crippen LogP) is 2.82. The fourth-order valence-corrected chi connectivity index (χ4v) is 3.40. The highest BCUT2D eigenvalue weighted by Gasteiger charge is 2.21. The smallest absolute Gasteiger partial charge is 0.227 e. The van der Waals surface area contributed by atoms with Crippen molar-refractivity contribution >= 4 is 24.0 Å². The molecule has 0 radical (unpaired) electrons. The second-order valence-electron chi connectivity index (χ2n) is 6.44. The largest absolute Gasteiger partial charge is 0.487 e. The van der Waals surface area contributed by atoms with E-state index in [1.165, 1.54) is 5.56 Å². The first kappa shape index (κ1) is 17.7. The Labute approximate surface area is 153 Å². The summed E-state index contributed by atoms with van der Waals surface area (Å²) in [5.74, 6) is 0.990. The number of hydrogen-bond acceptors (Lipinski definition) is 4. The number of fused-ring (bicyclic) bond motifs is 1. The number of aryl methyl sites for hydroxylation is 1. The SMILES string of the molecule is CN1C(=O)CCc2cc(-c3cncc(O[C@@H]4CCNC4)c3)ccc21.Cl. The van der Waals surface area contributed by atoms with Crippen LogP contribution < -0.4 is 15.0 Å². The van der Waals surface area contributed by atoms with Crippen molar-refractivity contribution < 1.29 is 9.53 Å². The molecule has 0 aliphatic carbocycles. The molecule has 6 heteroatoms. The van der Waals surface area contributed by atoms with Crippen LogP contribution in [0.1, 0.15) is 18.4 Å². The zero-order chi connectivity index (χ0) is 16.5. The van der Waals surface area contributed by atoms with Crippen LogP contribution in [-0.2, 0) is 11.2 Å². The second kappa shape index (κ2) is 7.42. The Balaban J connectivity index is 0.00000182. The number of carbonyl (C=O) groups excluding carboxylic acids is 1. The third-order valence-electron chi connectivity index (χ3n) is 4.79. The fraction of sp³-hybridized carbons (Fsp3) is 0.368. The summed E-state index contributed by atoms with van der Waals surface area (Å²) in [5, 5.41) is 3.30. The zero-order valence-corrected chi connectivity index (χ0v) is 15.0. The molecule has 2 aliphatic rings. The van der Waals surface area contributed by atoms with Crippen molar-refractivity contribution in [1.29, 1.82) is 0 Å². The first-order chi connectivity index (χ1) is 11.7. The number of nitrogens with zero attached hydrogens (tertiary/aromatic N) is 2. The number of rotatable bonds is 3. The second-order valence-corrected chi connectivity index (χ2v) is 6.44. The van der Waals surface area contributed by atoms with Crippen molar-refractivity contribution in [2.45, 2.75) is 25.4 Å². The number of carbonyl (C=O) groups is 1. The van der Waals surface area contributed by atoms with Crippen molar-refractivity contribution in [1.82, 2.24) is 10.3 Å². The topological polar surface area (TPSA) is 54.5 Å². The highest BCUT2D eigenvalue weighted by Crippen LogP contribution is 2.32. The van der Waals surface area contributed by atoms with Crippen LogP contribution in [0.4, 0.5) is 5.69 Å². The molecule has 132 valence electrons. The van der Waals surface area contributed by atoms with Gasteiger partial charge < -0.3 is 15.0 Å². The Hall–Kier alpha value is -2.11. The van der Waals surface area contributed by atoms with Gasteiger partial charge in [0.15, 0.2) is 0 Å². The molecule has 2 aliphatic heterocycles. The summed E-state index contributed by atoms with van der Waals surface area (Å²) in [5.41, 5.74) is 4.37. The molecule has 1 aromatic carbocycles. The number of benzene rings is 1. The van der Waals surface area contributed by atoms with Gasteiger partial charge in [-0.2, -0.15) is 0 Å². The van der Waals surface area contributed by atoms with Gasteiger partial charge in [-0.05, 0) is 48.7 Å². The van der Waals surface area contributed by atoms with Crippen molar-refractivity contribution in [2.75, 3.05) is 25.0 Å². The van der Waals surface area contributed by atoms with E-state index in [-0.39, 0.29) is 24.4 Å². The molecule has 1 saturated heterocycles. The average Bonchev–Trinajstić information content (AvgIpc) is 3.11. The lowest BCUT2D eigenvalue weighted by Gasteiger charge is -2.26. The lowest BCUT2D eigenvalue weighted by atomic mass is 9.97. The first-order valence-electron chi connectivity index (χ1n) is 8.43. The molecule has 1 fully saturated rings. The van der Waals surface area contributed by atoms with Crippen LogP contribution >= 0.6 is 12.4 Å².